The fraction of sp³-hybridized carbons (Fsp3) is 0.643. The van der Waals surface area contributed by atoms with Crippen molar-refractivity contribution in [3.63, 3.8) is 0 Å². The Morgan fingerprint density at radius 1 is 1.45 bits per heavy atom. The van der Waals surface area contributed by atoms with E-state index in [4.69, 9.17) is 15.2 Å². The molecule has 20 heavy (non-hydrogen) atoms. The second-order valence-electron chi connectivity index (χ2n) is 5.84. The molecule has 3 heterocycles. The Balaban J connectivity index is 1.71. The number of nitrogens with two attached hydrogens (primary N) is 1. The van der Waals surface area contributed by atoms with Crippen molar-refractivity contribution in [2.45, 2.75) is 25.7 Å². The molecule has 1 aromatic heterocycles. The third-order valence-electron chi connectivity index (χ3n) is 4.01. The van der Waals surface area contributed by atoms with Gasteiger partial charge in [0.25, 0.3) is 0 Å². The fourth-order valence-corrected chi connectivity index (χ4v) is 2.94. The number of rotatable bonds is 3. The van der Waals surface area contributed by atoms with E-state index in [0.29, 0.717) is 12.2 Å². The van der Waals surface area contributed by atoms with E-state index in [9.17, 15) is 4.79 Å². The van der Waals surface area contributed by atoms with E-state index < -0.39 is 0 Å². The summed E-state index contributed by atoms with van der Waals surface area (Å²) in [6, 6.07) is 1.82. The van der Waals surface area contributed by atoms with Crippen LogP contribution in [0.2, 0.25) is 0 Å². The van der Waals surface area contributed by atoms with E-state index in [1.165, 1.54) is 0 Å². The number of fused-ring (bicyclic) bond motifs is 1. The Morgan fingerprint density at radius 3 is 2.90 bits per heavy atom. The molecule has 6 nitrogen and oxygen atoms in total. The molecule has 1 aromatic rings. The smallest absolute Gasteiger partial charge is 0.250 e. The van der Waals surface area contributed by atoms with Gasteiger partial charge in [-0.3, -0.25) is 9.69 Å². The highest BCUT2D eigenvalue weighted by Crippen LogP contribution is 2.26. The van der Waals surface area contributed by atoms with Crippen molar-refractivity contribution in [1.29, 1.82) is 0 Å². The SMILES string of the molecule is CC1(CN2CCOCC2)Cn2cc(C(N)=O)cc2CO1. The number of ether oxygens (including phenoxy) is 2. The summed E-state index contributed by atoms with van der Waals surface area (Å²) in [5.74, 6) is -0.387. The van der Waals surface area contributed by atoms with Crippen LogP contribution >= 0.6 is 0 Å². The molecule has 1 amide bonds. The van der Waals surface area contributed by atoms with Gasteiger partial charge in [0.05, 0.1) is 37.5 Å². The van der Waals surface area contributed by atoms with E-state index in [1.54, 1.807) is 0 Å². The predicted octanol–water partition coefficient (Wildman–Crippen LogP) is 0.208. The van der Waals surface area contributed by atoms with Crippen LogP contribution < -0.4 is 5.73 Å². The maximum atomic E-state index is 11.2. The van der Waals surface area contributed by atoms with Crippen LogP contribution in [-0.2, 0) is 22.6 Å². The molecule has 2 N–H and O–H groups in total. The van der Waals surface area contributed by atoms with Crippen LogP contribution in [0.1, 0.15) is 23.0 Å². The topological polar surface area (TPSA) is 69.7 Å². The molecule has 6 heteroatoms. The molecule has 1 fully saturated rings. The van der Waals surface area contributed by atoms with Crippen molar-refractivity contribution in [2.24, 2.45) is 5.73 Å². The van der Waals surface area contributed by atoms with Gasteiger partial charge < -0.3 is 19.8 Å². The van der Waals surface area contributed by atoms with Crippen LogP contribution in [0.15, 0.2) is 12.3 Å². The van der Waals surface area contributed by atoms with Gasteiger partial charge in [-0.05, 0) is 13.0 Å². The zero-order valence-electron chi connectivity index (χ0n) is 11.8. The third-order valence-corrected chi connectivity index (χ3v) is 4.01. The van der Waals surface area contributed by atoms with Gasteiger partial charge in [0, 0.05) is 31.5 Å². The molecule has 2 aliphatic rings. The quantitative estimate of drug-likeness (QED) is 0.858. The van der Waals surface area contributed by atoms with Crippen LogP contribution in [0.25, 0.3) is 0 Å². The minimum absolute atomic E-state index is 0.238. The predicted molar refractivity (Wildman–Crippen MR) is 73.4 cm³/mol. The lowest BCUT2D eigenvalue weighted by molar-refractivity contribution is -0.103. The van der Waals surface area contributed by atoms with Crippen LogP contribution in [-0.4, -0.2) is 53.8 Å². The molecule has 0 bridgehead atoms. The van der Waals surface area contributed by atoms with Crippen molar-refractivity contribution in [1.82, 2.24) is 9.47 Å². The number of hydrogen-bond acceptors (Lipinski definition) is 4. The average Bonchev–Trinajstić information content (AvgIpc) is 2.82. The van der Waals surface area contributed by atoms with Gasteiger partial charge in [0.2, 0.25) is 5.91 Å². The third kappa shape index (κ3) is 2.72. The molecule has 0 radical (unpaired) electrons. The van der Waals surface area contributed by atoms with E-state index >= 15 is 0 Å². The number of carbonyl (C=O) groups excluding carboxylic acids is 1. The number of nitrogens with zero attached hydrogens (tertiary/aromatic N) is 2. The molecular weight excluding hydrogens is 258 g/mol. The van der Waals surface area contributed by atoms with Crippen molar-refractivity contribution >= 4 is 5.91 Å². The van der Waals surface area contributed by atoms with Gasteiger partial charge in [-0.1, -0.05) is 0 Å². The Morgan fingerprint density at radius 2 is 2.20 bits per heavy atom. The summed E-state index contributed by atoms with van der Waals surface area (Å²) < 4.78 is 13.5. The minimum Gasteiger partial charge on any atom is -0.379 e. The van der Waals surface area contributed by atoms with Crippen LogP contribution in [0, 0.1) is 0 Å². The molecule has 1 saturated heterocycles. The number of primary amides is 1. The minimum atomic E-state index is -0.387. The van der Waals surface area contributed by atoms with Crippen molar-refractivity contribution in [2.75, 3.05) is 32.8 Å². The molecule has 0 aliphatic carbocycles. The Labute approximate surface area is 118 Å². The summed E-state index contributed by atoms with van der Waals surface area (Å²) in [5.41, 5.74) is 6.66. The molecule has 3 rings (SSSR count). The zero-order valence-corrected chi connectivity index (χ0v) is 11.8. The van der Waals surface area contributed by atoms with E-state index in [-0.39, 0.29) is 11.5 Å². The Kier molecular flexibility index (Phi) is 3.54. The number of aromatic nitrogens is 1. The van der Waals surface area contributed by atoms with Gasteiger partial charge in [0.15, 0.2) is 0 Å². The molecule has 1 atom stereocenters. The molecule has 1 unspecified atom stereocenters. The first-order chi connectivity index (χ1) is 9.56. The van der Waals surface area contributed by atoms with Gasteiger partial charge in [-0.2, -0.15) is 0 Å². The monoisotopic (exact) mass is 279 g/mol. The first kappa shape index (κ1) is 13.6. The lowest BCUT2D eigenvalue weighted by Crippen LogP contribution is -2.50. The second-order valence-corrected chi connectivity index (χ2v) is 5.84. The summed E-state index contributed by atoms with van der Waals surface area (Å²) in [5, 5.41) is 0. The fourth-order valence-electron chi connectivity index (χ4n) is 2.94. The summed E-state index contributed by atoms with van der Waals surface area (Å²) in [6.07, 6.45) is 1.83. The van der Waals surface area contributed by atoms with Crippen molar-refractivity contribution < 1.29 is 14.3 Å². The zero-order chi connectivity index (χ0) is 14.2. The first-order valence-electron chi connectivity index (χ1n) is 6.99. The summed E-state index contributed by atoms with van der Waals surface area (Å²) in [7, 11) is 0. The lowest BCUT2D eigenvalue weighted by Gasteiger charge is -2.40. The van der Waals surface area contributed by atoms with Crippen LogP contribution in [0.3, 0.4) is 0 Å². The molecule has 0 aromatic carbocycles. The van der Waals surface area contributed by atoms with Gasteiger partial charge in [-0.25, -0.2) is 0 Å². The normalized spacial score (nSPS) is 27.2. The highest BCUT2D eigenvalue weighted by atomic mass is 16.5. The summed E-state index contributed by atoms with van der Waals surface area (Å²) >= 11 is 0. The van der Waals surface area contributed by atoms with E-state index in [0.717, 1.165) is 45.1 Å². The van der Waals surface area contributed by atoms with Crippen molar-refractivity contribution in [3.8, 4) is 0 Å². The van der Waals surface area contributed by atoms with E-state index in [2.05, 4.69) is 16.4 Å². The number of morpholine rings is 1. The number of amides is 1. The van der Waals surface area contributed by atoms with E-state index in [1.807, 2.05) is 12.3 Å². The highest BCUT2D eigenvalue weighted by molar-refractivity contribution is 5.92. The molecular formula is C14H21N3O3. The molecule has 0 spiro atoms. The maximum absolute atomic E-state index is 11.2. The van der Waals surface area contributed by atoms with Gasteiger partial charge in [-0.15, -0.1) is 0 Å². The summed E-state index contributed by atoms with van der Waals surface area (Å²) in [4.78, 5) is 13.6. The van der Waals surface area contributed by atoms with Gasteiger partial charge in [0.1, 0.15) is 0 Å². The average molecular weight is 279 g/mol. The summed E-state index contributed by atoms with van der Waals surface area (Å²) in [6.45, 7) is 7.73. The number of hydrogen-bond donors (Lipinski definition) is 1. The molecule has 110 valence electrons. The second kappa shape index (κ2) is 5.20. The Bertz CT molecular complexity index is 508. The van der Waals surface area contributed by atoms with Crippen molar-refractivity contribution in [3.05, 3.63) is 23.5 Å². The maximum Gasteiger partial charge on any atom is 0.250 e. The van der Waals surface area contributed by atoms with Crippen LogP contribution in [0.5, 0.6) is 0 Å². The standard InChI is InChI=1S/C14H21N3O3/c1-14(9-16-2-4-19-5-3-16)10-17-7-11(13(15)18)6-12(17)8-20-14/h6-7H,2-5,8-10H2,1H3,(H2,15,18). The first-order valence-corrected chi connectivity index (χ1v) is 6.99. The number of carbonyl (C=O) groups is 1. The lowest BCUT2D eigenvalue weighted by atomic mass is 10.0. The largest absolute Gasteiger partial charge is 0.379 e. The molecule has 2 aliphatic heterocycles. The Hall–Kier alpha value is -1.37. The molecule has 0 saturated carbocycles. The van der Waals surface area contributed by atoms with Gasteiger partial charge >= 0.3 is 0 Å². The van der Waals surface area contributed by atoms with Crippen LogP contribution in [0.4, 0.5) is 0 Å². The highest BCUT2D eigenvalue weighted by Gasteiger charge is 2.33.